The highest BCUT2D eigenvalue weighted by atomic mass is 16.5. The highest BCUT2D eigenvalue weighted by molar-refractivity contribution is 5.71. The summed E-state index contributed by atoms with van der Waals surface area (Å²) in [5.74, 6) is 0.583. The van der Waals surface area contributed by atoms with E-state index in [0.717, 1.165) is 13.0 Å². The van der Waals surface area contributed by atoms with Crippen LogP contribution in [0.1, 0.15) is 52.4 Å². The number of carbonyl (C=O) groups excluding carboxylic acids is 1. The van der Waals surface area contributed by atoms with Crippen molar-refractivity contribution in [1.29, 1.82) is 0 Å². The summed E-state index contributed by atoms with van der Waals surface area (Å²) in [6.07, 6.45) is 6.89. The molecule has 17 heavy (non-hydrogen) atoms. The van der Waals surface area contributed by atoms with Crippen LogP contribution in [0.15, 0.2) is 0 Å². The van der Waals surface area contributed by atoms with E-state index >= 15 is 0 Å². The summed E-state index contributed by atoms with van der Waals surface area (Å²) in [6, 6.07) is 0. The monoisotopic (exact) mass is 240 g/mol. The first-order valence-corrected chi connectivity index (χ1v) is 7.00. The van der Waals surface area contributed by atoms with E-state index in [1.807, 2.05) is 6.92 Å². The summed E-state index contributed by atoms with van der Waals surface area (Å²) in [5, 5.41) is 0. The smallest absolute Gasteiger partial charge is 0.306 e. The summed E-state index contributed by atoms with van der Waals surface area (Å²) in [4.78, 5) is 11.6. The highest BCUT2D eigenvalue weighted by Crippen LogP contribution is 2.63. The first kappa shape index (κ1) is 12.9. The third-order valence-corrected chi connectivity index (χ3v) is 4.27. The molecule has 3 nitrogen and oxygen atoms in total. The molecule has 2 aliphatic rings. The number of fused-ring (bicyclic) bond motifs is 1. The average molecular weight is 240 g/mol. The Morgan fingerprint density at radius 1 is 1.41 bits per heavy atom. The summed E-state index contributed by atoms with van der Waals surface area (Å²) in [6.45, 7) is 5.42. The van der Waals surface area contributed by atoms with E-state index in [1.165, 1.54) is 25.7 Å². The fraction of sp³-hybridized carbons (Fsp3) is 0.929. The molecule has 1 heterocycles. The van der Waals surface area contributed by atoms with Crippen LogP contribution in [0, 0.1) is 11.3 Å². The molecule has 0 aromatic rings. The normalized spacial score (nSPS) is 34.5. The Bertz CT molecular complexity index is 277. The van der Waals surface area contributed by atoms with E-state index in [4.69, 9.17) is 9.47 Å². The lowest BCUT2D eigenvalue weighted by molar-refractivity contribution is -0.145. The van der Waals surface area contributed by atoms with E-state index in [0.29, 0.717) is 25.0 Å². The van der Waals surface area contributed by atoms with Crippen LogP contribution in [0.5, 0.6) is 0 Å². The van der Waals surface area contributed by atoms with Crippen LogP contribution in [0.25, 0.3) is 0 Å². The lowest BCUT2D eigenvalue weighted by atomic mass is 9.90. The molecule has 2 rings (SSSR count). The molecular formula is C14H24O3. The first-order chi connectivity index (χ1) is 8.23. The van der Waals surface area contributed by atoms with Gasteiger partial charge in [0.1, 0.15) is 0 Å². The van der Waals surface area contributed by atoms with Gasteiger partial charge in [-0.3, -0.25) is 4.79 Å². The lowest BCUT2D eigenvalue weighted by Crippen LogP contribution is -2.25. The molecule has 0 radical (unpaired) electrons. The van der Waals surface area contributed by atoms with Crippen molar-refractivity contribution in [3.05, 3.63) is 0 Å². The summed E-state index contributed by atoms with van der Waals surface area (Å²) < 4.78 is 10.9. The maximum atomic E-state index is 11.6. The Morgan fingerprint density at radius 2 is 2.24 bits per heavy atom. The van der Waals surface area contributed by atoms with Crippen LogP contribution < -0.4 is 0 Å². The molecule has 0 unspecified atom stereocenters. The SMILES string of the molecule is CCCCC[C@@H]1OC[C@H]2C[C@]21CC(=O)OCC. The van der Waals surface area contributed by atoms with Gasteiger partial charge in [0, 0.05) is 5.41 Å². The molecule has 1 aliphatic carbocycles. The highest BCUT2D eigenvalue weighted by Gasteiger charge is 2.64. The Balaban J connectivity index is 1.83. The number of unbranched alkanes of at least 4 members (excludes halogenated alkanes) is 2. The summed E-state index contributed by atoms with van der Waals surface area (Å²) >= 11 is 0. The van der Waals surface area contributed by atoms with Gasteiger partial charge in [0.05, 0.1) is 25.7 Å². The molecular weight excluding hydrogens is 216 g/mol. The zero-order valence-corrected chi connectivity index (χ0v) is 11.0. The van der Waals surface area contributed by atoms with Crippen molar-refractivity contribution in [1.82, 2.24) is 0 Å². The predicted molar refractivity (Wildman–Crippen MR) is 65.7 cm³/mol. The van der Waals surface area contributed by atoms with Crippen molar-refractivity contribution in [3.8, 4) is 0 Å². The zero-order valence-electron chi connectivity index (χ0n) is 11.0. The second kappa shape index (κ2) is 5.38. The fourth-order valence-corrected chi connectivity index (χ4v) is 3.18. The summed E-state index contributed by atoms with van der Waals surface area (Å²) in [5.41, 5.74) is 0.153. The van der Waals surface area contributed by atoms with Gasteiger partial charge in [0.15, 0.2) is 0 Å². The number of hydrogen-bond acceptors (Lipinski definition) is 3. The van der Waals surface area contributed by atoms with Crippen LogP contribution in [0.2, 0.25) is 0 Å². The lowest BCUT2D eigenvalue weighted by Gasteiger charge is -2.21. The molecule has 0 bridgehead atoms. The Morgan fingerprint density at radius 3 is 2.88 bits per heavy atom. The van der Waals surface area contributed by atoms with Gasteiger partial charge < -0.3 is 9.47 Å². The van der Waals surface area contributed by atoms with Gasteiger partial charge in [0.25, 0.3) is 0 Å². The van der Waals surface area contributed by atoms with Gasteiger partial charge in [-0.15, -0.1) is 0 Å². The van der Waals surface area contributed by atoms with E-state index < -0.39 is 0 Å². The first-order valence-electron chi connectivity index (χ1n) is 7.00. The third-order valence-electron chi connectivity index (χ3n) is 4.27. The van der Waals surface area contributed by atoms with E-state index in [9.17, 15) is 4.79 Å². The molecule has 1 saturated heterocycles. The van der Waals surface area contributed by atoms with Crippen molar-refractivity contribution >= 4 is 5.97 Å². The van der Waals surface area contributed by atoms with Crippen LogP contribution in [0.3, 0.4) is 0 Å². The van der Waals surface area contributed by atoms with Crippen LogP contribution >= 0.6 is 0 Å². The Labute approximate surface area is 104 Å². The average Bonchev–Trinajstić information content (AvgIpc) is 2.89. The standard InChI is InChI=1S/C14H24O3/c1-3-5-6-7-12-14(8-11(14)10-17-12)9-13(15)16-4-2/h11-12H,3-10H2,1-2H3/t11-,12+,14+/m1/s1. The summed E-state index contributed by atoms with van der Waals surface area (Å²) in [7, 11) is 0. The molecule has 98 valence electrons. The van der Waals surface area contributed by atoms with Gasteiger partial charge >= 0.3 is 5.97 Å². The molecule has 0 spiro atoms. The second-order valence-corrected chi connectivity index (χ2v) is 5.43. The molecule has 3 heteroatoms. The Kier molecular flexibility index (Phi) is 4.08. The molecule has 0 amide bonds. The fourth-order valence-electron chi connectivity index (χ4n) is 3.18. The number of hydrogen-bond donors (Lipinski definition) is 0. The molecule has 0 aromatic carbocycles. The van der Waals surface area contributed by atoms with E-state index in [-0.39, 0.29) is 11.4 Å². The quantitative estimate of drug-likeness (QED) is 0.507. The third kappa shape index (κ3) is 2.65. The maximum Gasteiger partial charge on any atom is 0.306 e. The van der Waals surface area contributed by atoms with Crippen LogP contribution in [-0.4, -0.2) is 25.3 Å². The topological polar surface area (TPSA) is 35.5 Å². The van der Waals surface area contributed by atoms with E-state index in [2.05, 4.69) is 6.92 Å². The number of rotatable bonds is 7. The van der Waals surface area contributed by atoms with Crippen molar-refractivity contribution in [2.75, 3.05) is 13.2 Å². The van der Waals surface area contributed by atoms with Gasteiger partial charge in [0.2, 0.25) is 0 Å². The van der Waals surface area contributed by atoms with E-state index in [1.54, 1.807) is 0 Å². The van der Waals surface area contributed by atoms with Crippen LogP contribution in [0.4, 0.5) is 0 Å². The van der Waals surface area contributed by atoms with Crippen molar-refractivity contribution in [2.45, 2.75) is 58.5 Å². The van der Waals surface area contributed by atoms with Gasteiger partial charge in [-0.2, -0.15) is 0 Å². The number of esters is 1. The second-order valence-electron chi connectivity index (χ2n) is 5.43. The van der Waals surface area contributed by atoms with Gasteiger partial charge in [-0.1, -0.05) is 26.2 Å². The van der Waals surface area contributed by atoms with Crippen LogP contribution in [-0.2, 0) is 14.3 Å². The maximum absolute atomic E-state index is 11.6. The molecule has 2 fully saturated rings. The molecule has 3 atom stereocenters. The molecule has 1 aliphatic heterocycles. The minimum Gasteiger partial charge on any atom is -0.466 e. The number of carbonyl (C=O) groups is 1. The predicted octanol–water partition coefficient (Wildman–Crippen LogP) is 2.93. The molecule has 0 aromatic heterocycles. The Hall–Kier alpha value is -0.570. The molecule has 1 saturated carbocycles. The zero-order chi connectivity index (χ0) is 12.3. The minimum atomic E-state index is -0.0407. The molecule has 0 N–H and O–H groups in total. The largest absolute Gasteiger partial charge is 0.466 e. The minimum absolute atomic E-state index is 0.0407. The van der Waals surface area contributed by atoms with Crippen molar-refractivity contribution < 1.29 is 14.3 Å². The van der Waals surface area contributed by atoms with Gasteiger partial charge in [-0.25, -0.2) is 0 Å². The van der Waals surface area contributed by atoms with Crippen molar-refractivity contribution in [2.24, 2.45) is 11.3 Å². The van der Waals surface area contributed by atoms with Crippen molar-refractivity contribution in [3.63, 3.8) is 0 Å². The number of ether oxygens (including phenoxy) is 2. The van der Waals surface area contributed by atoms with Gasteiger partial charge in [-0.05, 0) is 25.7 Å².